The zero-order chi connectivity index (χ0) is 30.2. The normalized spacial score (nSPS) is 16.0. The largest absolute Gasteiger partial charge is 0.459 e. The molecule has 0 radical (unpaired) electrons. The fourth-order valence-corrected chi connectivity index (χ4v) is 6.76. The number of nitrogens with one attached hydrogen (secondary N) is 2. The van der Waals surface area contributed by atoms with E-state index in [0.717, 1.165) is 18.7 Å². The fraction of sp³-hybridized carbons (Fsp3) is 0.235. The first-order valence-corrected chi connectivity index (χ1v) is 15.8. The van der Waals surface area contributed by atoms with Crippen molar-refractivity contribution in [3.05, 3.63) is 113 Å². The van der Waals surface area contributed by atoms with Gasteiger partial charge in [-0.15, -0.1) is 0 Å². The average Bonchev–Trinajstić information content (AvgIpc) is 3.64. The summed E-state index contributed by atoms with van der Waals surface area (Å²) in [5.41, 5.74) is 2.76. The van der Waals surface area contributed by atoms with Gasteiger partial charge in [0.15, 0.2) is 5.76 Å². The van der Waals surface area contributed by atoms with Crippen LogP contribution in [-0.2, 0) is 9.71 Å². The Labute approximate surface area is 252 Å². The number of pyridine rings is 1. The summed E-state index contributed by atoms with van der Waals surface area (Å²) < 4.78 is 22.2. The van der Waals surface area contributed by atoms with Gasteiger partial charge in [-0.05, 0) is 87.5 Å². The Morgan fingerprint density at radius 1 is 1.05 bits per heavy atom. The Bertz CT molecular complexity index is 1800. The lowest BCUT2D eigenvalue weighted by atomic mass is 10.1. The van der Waals surface area contributed by atoms with Crippen molar-refractivity contribution >= 4 is 32.6 Å². The van der Waals surface area contributed by atoms with Crippen molar-refractivity contribution in [2.75, 3.05) is 18.4 Å². The third kappa shape index (κ3) is 7.60. The minimum Gasteiger partial charge on any atom is -0.459 e. The standard InChI is InChI=1S/C34H34N4O4S/c1-25-16-19-42-32(25)34(40)36-30-11-6-10-27(22-30)14-15-28-21-29(24-35-23-28)33(39)37-43(41,31-12-4-3-5-13-31)20-8-18-38-17-7-9-26(38)2/h3-6,10-13,16,19-24,26H,7-9,17-18H2,1-2H3,(H,36,40)(H,37,39,41). The number of carbonyl (C=O) groups is 2. The van der Waals surface area contributed by atoms with Crippen LogP contribution in [0.5, 0.6) is 0 Å². The highest BCUT2D eigenvalue weighted by Gasteiger charge is 2.21. The number of nitrogens with zero attached hydrogens (tertiary/aromatic N) is 2. The predicted octanol–water partition coefficient (Wildman–Crippen LogP) is 5.30. The number of hydrogen-bond donors (Lipinski definition) is 2. The van der Waals surface area contributed by atoms with Gasteiger partial charge in [0, 0.05) is 52.3 Å². The Balaban J connectivity index is 1.31. The third-order valence-corrected chi connectivity index (χ3v) is 9.50. The highest BCUT2D eigenvalue weighted by Crippen LogP contribution is 2.18. The molecule has 1 fully saturated rings. The zero-order valence-electron chi connectivity index (χ0n) is 24.2. The number of amides is 2. The SMILES string of the molecule is Cc1ccoc1C(=O)Nc1cccc(C#Cc2cncc(C(=O)NS(=O)(=CCCN3CCCC3C)c3ccccc3)c2)c1. The van der Waals surface area contributed by atoms with E-state index >= 15 is 0 Å². The van der Waals surface area contributed by atoms with Gasteiger partial charge in [-0.1, -0.05) is 36.1 Å². The Morgan fingerprint density at radius 3 is 2.60 bits per heavy atom. The first kappa shape index (κ1) is 29.8. The molecule has 2 aromatic carbocycles. The van der Waals surface area contributed by atoms with Crippen LogP contribution in [0.4, 0.5) is 5.69 Å². The summed E-state index contributed by atoms with van der Waals surface area (Å²) in [6, 6.07) is 20.0. The van der Waals surface area contributed by atoms with Crippen molar-refractivity contribution in [2.45, 2.75) is 44.0 Å². The van der Waals surface area contributed by atoms with Gasteiger partial charge < -0.3 is 14.6 Å². The van der Waals surface area contributed by atoms with Crippen molar-refractivity contribution in [2.24, 2.45) is 0 Å². The molecular weight excluding hydrogens is 560 g/mol. The number of aryl methyl sites for hydroxylation is 1. The number of anilines is 1. The summed E-state index contributed by atoms with van der Waals surface area (Å²) in [6.07, 6.45) is 7.40. The van der Waals surface area contributed by atoms with Crippen LogP contribution in [-0.4, -0.2) is 50.4 Å². The summed E-state index contributed by atoms with van der Waals surface area (Å²) >= 11 is 0. The average molecular weight is 595 g/mol. The van der Waals surface area contributed by atoms with Crippen LogP contribution in [0.15, 0.2) is 94.7 Å². The minimum atomic E-state index is -2.98. The van der Waals surface area contributed by atoms with Gasteiger partial charge >= 0.3 is 0 Å². The van der Waals surface area contributed by atoms with Crippen molar-refractivity contribution in [1.29, 1.82) is 0 Å². The molecule has 5 rings (SSSR count). The number of carbonyl (C=O) groups excluding carboxylic acids is 2. The van der Waals surface area contributed by atoms with Crippen LogP contribution in [0.25, 0.3) is 0 Å². The fourth-order valence-electron chi connectivity index (χ4n) is 4.97. The lowest BCUT2D eigenvalue weighted by Gasteiger charge is -2.20. The maximum Gasteiger partial charge on any atom is 0.291 e. The van der Waals surface area contributed by atoms with E-state index in [2.05, 4.69) is 38.7 Å². The molecule has 0 aliphatic carbocycles. The molecule has 2 unspecified atom stereocenters. The molecular formula is C34H34N4O4S. The van der Waals surface area contributed by atoms with E-state index in [1.807, 2.05) is 24.3 Å². The summed E-state index contributed by atoms with van der Waals surface area (Å²) in [5.74, 6) is 5.51. The molecule has 2 amide bonds. The third-order valence-electron chi connectivity index (χ3n) is 7.34. The lowest BCUT2D eigenvalue weighted by Crippen LogP contribution is -2.33. The van der Waals surface area contributed by atoms with Gasteiger partial charge in [-0.2, -0.15) is 0 Å². The van der Waals surface area contributed by atoms with Gasteiger partial charge in [0.1, 0.15) is 0 Å². The maximum atomic E-state index is 14.1. The number of likely N-dealkylation sites (tertiary alicyclic amines) is 1. The van der Waals surface area contributed by atoms with Crippen LogP contribution in [0.3, 0.4) is 0 Å². The van der Waals surface area contributed by atoms with Crippen LogP contribution in [0, 0.1) is 18.8 Å². The Morgan fingerprint density at radius 2 is 1.86 bits per heavy atom. The number of benzene rings is 2. The molecule has 0 bridgehead atoms. The van der Waals surface area contributed by atoms with Crippen molar-refractivity contribution in [3.8, 4) is 11.8 Å². The lowest BCUT2D eigenvalue weighted by molar-refractivity contribution is 0.0978. The van der Waals surface area contributed by atoms with E-state index in [4.69, 9.17) is 4.42 Å². The van der Waals surface area contributed by atoms with Crippen LogP contribution < -0.4 is 10.0 Å². The van der Waals surface area contributed by atoms with Crippen LogP contribution >= 0.6 is 0 Å². The molecule has 4 aromatic rings. The van der Waals surface area contributed by atoms with Crippen LogP contribution in [0.1, 0.15) is 63.8 Å². The van der Waals surface area contributed by atoms with E-state index in [0.29, 0.717) is 34.2 Å². The summed E-state index contributed by atoms with van der Waals surface area (Å²) in [5, 5.41) is 4.55. The molecule has 2 N–H and O–H groups in total. The first-order valence-electron chi connectivity index (χ1n) is 14.2. The summed E-state index contributed by atoms with van der Waals surface area (Å²) in [7, 11) is -2.98. The molecule has 2 aromatic heterocycles. The summed E-state index contributed by atoms with van der Waals surface area (Å²) in [4.78, 5) is 33.0. The second-order valence-electron chi connectivity index (χ2n) is 10.5. The molecule has 1 aliphatic rings. The van der Waals surface area contributed by atoms with Crippen LogP contribution in [0.2, 0.25) is 0 Å². The number of aromatic nitrogens is 1. The van der Waals surface area contributed by atoms with E-state index in [-0.39, 0.29) is 17.2 Å². The van der Waals surface area contributed by atoms with Gasteiger partial charge in [0.2, 0.25) is 0 Å². The van der Waals surface area contributed by atoms with Crippen molar-refractivity contribution < 1.29 is 18.2 Å². The van der Waals surface area contributed by atoms with Gasteiger partial charge in [-0.25, -0.2) is 4.21 Å². The maximum absolute atomic E-state index is 14.1. The molecule has 43 heavy (non-hydrogen) atoms. The van der Waals surface area contributed by atoms with E-state index < -0.39 is 15.6 Å². The van der Waals surface area contributed by atoms with E-state index in [1.165, 1.54) is 25.3 Å². The van der Waals surface area contributed by atoms with Gasteiger partial charge in [0.25, 0.3) is 11.8 Å². The quantitative estimate of drug-likeness (QED) is 0.212. The zero-order valence-corrected chi connectivity index (χ0v) is 25.0. The minimum absolute atomic E-state index is 0.256. The molecule has 2 atom stereocenters. The Kier molecular flexibility index (Phi) is 9.40. The van der Waals surface area contributed by atoms with Gasteiger partial charge in [-0.3, -0.25) is 19.3 Å². The molecule has 0 spiro atoms. The number of rotatable bonds is 8. The highest BCUT2D eigenvalue weighted by atomic mass is 32.2. The molecule has 9 heteroatoms. The molecule has 220 valence electrons. The smallest absolute Gasteiger partial charge is 0.291 e. The molecule has 1 saturated heterocycles. The van der Waals surface area contributed by atoms with E-state index in [9.17, 15) is 13.8 Å². The van der Waals surface area contributed by atoms with Crippen molar-refractivity contribution in [3.63, 3.8) is 0 Å². The van der Waals surface area contributed by atoms with E-state index in [1.54, 1.807) is 61.0 Å². The number of furan rings is 1. The molecule has 3 heterocycles. The highest BCUT2D eigenvalue weighted by molar-refractivity contribution is 8.00. The predicted molar refractivity (Wildman–Crippen MR) is 169 cm³/mol. The van der Waals surface area contributed by atoms with Crippen molar-refractivity contribution in [1.82, 2.24) is 14.6 Å². The topological polar surface area (TPSA) is 105 Å². The molecule has 8 nitrogen and oxygen atoms in total. The monoisotopic (exact) mass is 594 g/mol. The van der Waals surface area contributed by atoms with Gasteiger partial charge in [0.05, 0.1) is 21.5 Å². The Hall–Kier alpha value is -4.65. The second kappa shape index (κ2) is 13.6. The second-order valence-corrected chi connectivity index (χ2v) is 12.7. The number of hydrogen-bond acceptors (Lipinski definition) is 6. The molecule has 0 saturated carbocycles. The first-order chi connectivity index (χ1) is 20.8. The summed E-state index contributed by atoms with van der Waals surface area (Å²) in [6.45, 7) is 5.85. The molecule has 1 aliphatic heterocycles.